The van der Waals surface area contributed by atoms with Crippen LogP contribution < -0.4 is 0 Å². The van der Waals surface area contributed by atoms with Gasteiger partial charge < -0.3 is 4.98 Å². The van der Waals surface area contributed by atoms with Gasteiger partial charge in [-0.1, -0.05) is 0 Å². The molecule has 1 heterocycles. The first kappa shape index (κ1) is 8.50. The van der Waals surface area contributed by atoms with Crippen LogP contribution in [0.2, 0.25) is 0 Å². The molecule has 0 bridgehead atoms. The summed E-state index contributed by atoms with van der Waals surface area (Å²) in [6, 6.07) is 0. The number of hydrogen-bond donors (Lipinski definition) is 1. The van der Waals surface area contributed by atoms with Crippen molar-refractivity contribution in [2.45, 2.75) is -0.565 Å². The first-order valence-electron chi connectivity index (χ1n) is 2.17. The molecule has 1 aromatic rings. The van der Waals surface area contributed by atoms with Crippen molar-refractivity contribution in [2.75, 3.05) is 0 Å². The summed E-state index contributed by atoms with van der Waals surface area (Å²) in [5, 5.41) is 0. The molecule has 5 heteroatoms. The van der Waals surface area contributed by atoms with Crippen LogP contribution in [0.25, 0.3) is 0 Å². The summed E-state index contributed by atoms with van der Waals surface area (Å²) in [6.07, 6.45) is 3.60. The molecular formula is C4H3I3N2. The summed E-state index contributed by atoms with van der Waals surface area (Å²) in [6.45, 7) is 0. The monoisotopic (exact) mass is 460 g/mol. The first-order valence-corrected chi connectivity index (χ1v) is 5.41. The molecule has 0 saturated carbocycles. The Balaban J connectivity index is 2.90. The van der Waals surface area contributed by atoms with E-state index < -0.39 is 0 Å². The van der Waals surface area contributed by atoms with Crippen LogP contribution in [0.3, 0.4) is 0 Å². The van der Waals surface area contributed by atoms with E-state index in [1.807, 2.05) is 6.20 Å². The third kappa shape index (κ3) is 2.48. The number of H-pyrrole nitrogens is 1. The molecule has 1 rings (SSSR count). The molecule has 0 spiro atoms. The van der Waals surface area contributed by atoms with E-state index in [1.165, 1.54) is 0 Å². The van der Waals surface area contributed by atoms with Gasteiger partial charge in [0, 0.05) is 12.4 Å². The quantitative estimate of drug-likeness (QED) is 0.508. The van der Waals surface area contributed by atoms with E-state index in [0.29, 0.717) is 0 Å². The van der Waals surface area contributed by atoms with Crippen LogP contribution in [0.4, 0.5) is 0 Å². The minimum absolute atomic E-state index is 0.0662. The summed E-state index contributed by atoms with van der Waals surface area (Å²) < 4.78 is 0.0662. The number of nitrogens with one attached hydrogen (secondary N) is 1. The van der Waals surface area contributed by atoms with Gasteiger partial charge in [-0.25, -0.2) is 4.98 Å². The lowest BCUT2D eigenvalue weighted by molar-refractivity contribution is 1.13. The number of alkyl halides is 3. The second kappa shape index (κ2) is 3.20. The number of hydrogen-bond acceptors (Lipinski definition) is 1. The molecule has 9 heavy (non-hydrogen) atoms. The zero-order valence-electron chi connectivity index (χ0n) is 4.24. The molecule has 0 aliphatic carbocycles. The van der Waals surface area contributed by atoms with Gasteiger partial charge in [0.1, 0.15) is 5.82 Å². The van der Waals surface area contributed by atoms with Crippen molar-refractivity contribution in [3.05, 3.63) is 18.2 Å². The van der Waals surface area contributed by atoms with Crippen LogP contribution >= 0.6 is 67.8 Å². The zero-order valence-corrected chi connectivity index (χ0v) is 10.7. The Morgan fingerprint density at radius 3 is 2.33 bits per heavy atom. The van der Waals surface area contributed by atoms with Gasteiger partial charge in [-0.05, 0) is 67.8 Å². The lowest BCUT2D eigenvalue weighted by atomic mass is 10.7. The molecule has 0 atom stereocenters. The number of aromatic amines is 1. The maximum atomic E-state index is 4.11. The van der Waals surface area contributed by atoms with E-state index in [2.05, 4.69) is 77.7 Å². The van der Waals surface area contributed by atoms with E-state index in [9.17, 15) is 0 Å². The highest BCUT2D eigenvalue weighted by Crippen LogP contribution is 2.43. The molecule has 0 aliphatic rings. The van der Waals surface area contributed by atoms with Crippen molar-refractivity contribution in [3.63, 3.8) is 0 Å². The molecule has 1 N–H and O–H groups in total. The van der Waals surface area contributed by atoms with Crippen molar-refractivity contribution in [1.82, 2.24) is 9.97 Å². The maximum absolute atomic E-state index is 4.11. The first-order chi connectivity index (χ1) is 4.11. The molecule has 0 unspecified atom stereocenters. The van der Waals surface area contributed by atoms with Crippen LogP contribution in [0.15, 0.2) is 12.4 Å². The van der Waals surface area contributed by atoms with Gasteiger partial charge in [0.05, 0.1) is 0 Å². The van der Waals surface area contributed by atoms with Crippen molar-refractivity contribution < 1.29 is 0 Å². The van der Waals surface area contributed by atoms with Crippen LogP contribution in [0.5, 0.6) is 0 Å². The van der Waals surface area contributed by atoms with Gasteiger partial charge in [0.2, 0.25) is 0 Å². The van der Waals surface area contributed by atoms with E-state index in [4.69, 9.17) is 0 Å². The van der Waals surface area contributed by atoms with E-state index >= 15 is 0 Å². The number of nitrogens with zero attached hydrogens (tertiary/aromatic N) is 1. The Labute approximate surface area is 94.0 Å². The average molecular weight is 460 g/mol. The Bertz CT molecular complexity index is 176. The third-order valence-electron chi connectivity index (χ3n) is 0.767. The highest BCUT2D eigenvalue weighted by Gasteiger charge is 2.22. The van der Waals surface area contributed by atoms with E-state index in [0.717, 1.165) is 5.82 Å². The lowest BCUT2D eigenvalue weighted by Gasteiger charge is -2.06. The second-order valence-electron chi connectivity index (χ2n) is 1.44. The summed E-state index contributed by atoms with van der Waals surface area (Å²) in [5.41, 5.74) is 0. The maximum Gasteiger partial charge on any atom is 0.181 e. The molecular weight excluding hydrogens is 457 g/mol. The molecule has 1 aromatic heterocycles. The number of rotatable bonds is 1. The molecule has 0 radical (unpaired) electrons. The largest absolute Gasteiger partial charge is 0.346 e. The summed E-state index contributed by atoms with van der Waals surface area (Å²) in [7, 11) is 0. The molecule has 0 saturated heterocycles. The normalized spacial score (nSPS) is 11.9. The van der Waals surface area contributed by atoms with Crippen molar-refractivity contribution in [1.29, 1.82) is 0 Å². The fraction of sp³-hybridized carbons (Fsp3) is 0.250. The Kier molecular flexibility index (Phi) is 3.02. The molecule has 0 fully saturated rings. The topological polar surface area (TPSA) is 28.7 Å². The fourth-order valence-electron chi connectivity index (χ4n) is 0.420. The van der Waals surface area contributed by atoms with Crippen LogP contribution in [-0.2, 0) is -0.565 Å². The average Bonchev–Trinajstić information content (AvgIpc) is 2.08. The van der Waals surface area contributed by atoms with Crippen LogP contribution in [0, 0.1) is 0 Å². The standard InChI is InChI=1S/C4H3I3N2/c5-4(6,7)3-8-1-2-9-3/h1-2H,(H,8,9). The number of halogens is 3. The van der Waals surface area contributed by atoms with Crippen LogP contribution in [0.1, 0.15) is 5.82 Å². The zero-order chi connectivity index (χ0) is 6.91. The fourth-order valence-corrected chi connectivity index (χ4v) is 1.31. The number of imidazole rings is 1. The number of aromatic nitrogens is 2. The molecule has 2 nitrogen and oxygen atoms in total. The molecule has 50 valence electrons. The van der Waals surface area contributed by atoms with Gasteiger partial charge in [-0.15, -0.1) is 0 Å². The van der Waals surface area contributed by atoms with Crippen molar-refractivity contribution in [2.24, 2.45) is 0 Å². The summed E-state index contributed by atoms with van der Waals surface area (Å²) in [4.78, 5) is 7.15. The van der Waals surface area contributed by atoms with Gasteiger partial charge in [0.25, 0.3) is 0 Å². The highest BCUT2D eigenvalue weighted by molar-refractivity contribution is 14.3. The molecule has 0 amide bonds. The summed E-state index contributed by atoms with van der Waals surface area (Å²) >= 11 is 6.96. The van der Waals surface area contributed by atoms with Gasteiger partial charge in [-0.2, -0.15) is 0 Å². The van der Waals surface area contributed by atoms with E-state index in [-0.39, 0.29) is -0.565 Å². The SMILES string of the molecule is IC(I)(I)c1ncc[nH]1. The predicted molar refractivity (Wildman–Crippen MR) is 62.3 cm³/mol. The van der Waals surface area contributed by atoms with Gasteiger partial charge >= 0.3 is 0 Å². The van der Waals surface area contributed by atoms with Gasteiger partial charge in [-0.3, -0.25) is 0 Å². The van der Waals surface area contributed by atoms with Crippen molar-refractivity contribution in [3.8, 4) is 0 Å². The smallest absolute Gasteiger partial charge is 0.181 e. The van der Waals surface area contributed by atoms with Gasteiger partial charge in [0.15, 0.2) is -0.565 Å². The Morgan fingerprint density at radius 2 is 2.11 bits per heavy atom. The predicted octanol–water partition coefficient (Wildman–Crippen LogP) is 2.83. The third-order valence-corrected chi connectivity index (χ3v) is 2.30. The Hall–Kier alpha value is 1.40. The molecule has 0 aliphatic heterocycles. The lowest BCUT2D eigenvalue weighted by Crippen LogP contribution is -1.98. The Morgan fingerprint density at radius 1 is 1.44 bits per heavy atom. The minimum atomic E-state index is 0.0662. The highest BCUT2D eigenvalue weighted by atomic mass is 127. The second-order valence-corrected chi connectivity index (χ2v) is 12.5. The summed E-state index contributed by atoms with van der Waals surface area (Å²) in [5.74, 6) is 1.00. The van der Waals surface area contributed by atoms with Crippen LogP contribution in [-0.4, -0.2) is 9.97 Å². The van der Waals surface area contributed by atoms with Crippen molar-refractivity contribution >= 4 is 67.8 Å². The molecule has 0 aromatic carbocycles. The van der Waals surface area contributed by atoms with E-state index in [1.54, 1.807) is 6.20 Å². The minimum Gasteiger partial charge on any atom is -0.346 e.